The summed E-state index contributed by atoms with van der Waals surface area (Å²) in [5.74, 6) is 0.849. The van der Waals surface area contributed by atoms with E-state index in [1.54, 1.807) is 25.3 Å². The Labute approximate surface area is 191 Å². The van der Waals surface area contributed by atoms with Crippen molar-refractivity contribution < 1.29 is 14.3 Å². The lowest BCUT2D eigenvalue weighted by molar-refractivity contribution is 0.414. The number of aromatic nitrogens is 1. The molecule has 1 aromatic heterocycles. The molecular formula is C27H37NO4. The number of methoxy groups -OCH3 is 1. The molecule has 5 heteroatoms. The lowest BCUT2D eigenvalue weighted by Gasteiger charge is -1.97. The number of ether oxygens (including phenoxy) is 1. The quantitative estimate of drug-likeness (QED) is 0.329. The van der Waals surface area contributed by atoms with Crippen molar-refractivity contribution in [2.24, 2.45) is 0 Å². The standard InChI is InChI=1S/C8H7NO2.C8H10O.C7H8O.2C2H6/c1-5-2-3-7-6(4-5)9-8(10)11-7;1-7-3-5-8(9-2)6-4-7;1-6-2-4-7(8)5-3-6;2*1-2/h2-4H,1H3,(H,9,10);3-6H,1-2H3;2-5,8H,1H3;2*1-2H3. The number of benzene rings is 3. The predicted octanol–water partition coefficient (Wildman–Crippen LogP) is 7.19. The van der Waals surface area contributed by atoms with Crippen molar-refractivity contribution in [2.45, 2.75) is 48.5 Å². The Morgan fingerprint density at radius 3 is 1.69 bits per heavy atom. The van der Waals surface area contributed by atoms with E-state index in [1.807, 2.05) is 90.1 Å². The Balaban J connectivity index is 0.000000422. The molecule has 0 radical (unpaired) electrons. The molecule has 0 aliphatic carbocycles. The molecule has 4 aromatic rings. The second-order valence-electron chi connectivity index (χ2n) is 6.37. The second-order valence-corrected chi connectivity index (χ2v) is 6.37. The van der Waals surface area contributed by atoms with Crippen molar-refractivity contribution in [1.29, 1.82) is 0 Å². The number of fused-ring (bicyclic) bond motifs is 1. The van der Waals surface area contributed by atoms with E-state index in [1.165, 1.54) is 11.1 Å². The number of phenolic OH excluding ortho intramolecular Hbond substituents is 1. The number of rotatable bonds is 1. The van der Waals surface area contributed by atoms with E-state index in [0.717, 1.165) is 16.8 Å². The zero-order valence-electron chi connectivity index (χ0n) is 20.5. The van der Waals surface area contributed by atoms with E-state index < -0.39 is 5.76 Å². The van der Waals surface area contributed by atoms with Crippen LogP contribution < -0.4 is 10.5 Å². The first kappa shape index (κ1) is 28.5. The van der Waals surface area contributed by atoms with E-state index in [2.05, 4.69) is 11.9 Å². The molecule has 0 unspecified atom stereocenters. The van der Waals surface area contributed by atoms with Crippen LogP contribution in [0.2, 0.25) is 0 Å². The van der Waals surface area contributed by atoms with Gasteiger partial charge >= 0.3 is 5.76 Å². The van der Waals surface area contributed by atoms with Gasteiger partial charge < -0.3 is 14.3 Å². The number of aryl methyl sites for hydroxylation is 3. The molecule has 5 nitrogen and oxygen atoms in total. The molecule has 0 bridgehead atoms. The third kappa shape index (κ3) is 11.1. The minimum atomic E-state index is -0.398. The summed E-state index contributed by atoms with van der Waals surface area (Å²) < 4.78 is 9.78. The molecule has 0 atom stereocenters. The molecule has 0 spiro atoms. The molecule has 0 saturated carbocycles. The molecule has 2 N–H and O–H groups in total. The lowest BCUT2D eigenvalue weighted by atomic mass is 10.2. The van der Waals surface area contributed by atoms with Crippen LogP contribution in [0.4, 0.5) is 0 Å². The van der Waals surface area contributed by atoms with E-state index in [0.29, 0.717) is 11.3 Å². The minimum Gasteiger partial charge on any atom is -0.508 e. The zero-order chi connectivity index (χ0) is 24.5. The number of H-pyrrole nitrogens is 1. The highest BCUT2D eigenvalue weighted by Gasteiger charge is 1.98. The Kier molecular flexibility index (Phi) is 14.5. The van der Waals surface area contributed by atoms with Crippen LogP contribution in [-0.2, 0) is 0 Å². The van der Waals surface area contributed by atoms with Crippen LogP contribution in [0.25, 0.3) is 11.1 Å². The topological polar surface area (TPSA) is 75.5 Å². The molecule has 0 aliphatic rings. The Hall–Kier alpha value is -3.47. The van der Waals surface area contributed by atoms with Gasteiger partial charge in [0.1, 0.15) is 11.5 Å². The van der Waals surface area contributed by atoms with Crippen LogP contribution in [0, 0.1) is 20.8 Å². The van der Waals surface area contributed by atoms with Crippen molar-refractivity contribution in [2.75, 3.05) is 7.11 Å². The number of hydrogen-bond donors (Lipinski definition) is 2. The van der Waals surface area contributed by atoms with Gasteiger partial charge in [-0.2, -0.15) is 0 Å². The molecule has 0 aliphatic heterocycles. The number of nitrogens with one attached hydrogen (secondary N) is 1. The summed E-state index contributed by atoms with van der Waals surface area (Å²) in [4.78, 5) is 13.3. The largest absolute Gasteiger partial charge is 0.508 e. The van der Waals surface area contributed by atoms with Crippen LogP contribution in [0.1, 0.15) is 44.4 Å². The van der Waals surface area contributed by atoms with E-state index in [4.69, 9.17) is 14.3 Å². The summed E-state index contributed by atoms with van der Waals surface area (Å²) in [5, 5.41) is 8.76. The van der Waals surface area contributed by atoms with Crippen molar-refractivity contribution in [3.63, 3.8) is 0 Å². The number of oxazole rings is 1. The fourth-order valence-corrected chi connectivity index (χ4v) is 2.28. The van der Waals surface area contributed by atoms with Gasteiger partial charge in [-0.05, 0) is 62.7 Å². The first-order chi connectivity index (χ1) is 15.4. The normalized spacial score (nSPS) is 8.88. The monoisotopic (exact) mass is 439 g/mol. The first-order valence-electron chi connectivity index (χ1n) is 10.8. The number of aromatic hydroxyl groups is 1. The van der Waals surface area contributed by atoms with Crippen molar-refractivity contribution in [3.05, 3.63) is 94.0 Å². The second kappa shape index (κ2) is 16.3. The van der Waals surface area contributed by atoms with Crippen LogP contribution in [0.3, 0.4) is 0 Å². The summed E-state index contributed by atoms with van der Waals surface area (Å²) >= 11 is 0. The van der Waals surface area contributed by atoms with E-state index in [9.17, 15) is 4.79 Å². The molecule has 1 heterocycles. The smallest absolute Gasteiger partial charge is 0.417 e. The van der Waals surface area contributed by atoms with Gasteiger partial charge in [-0.1, -0.05) is 69.2 Å². The maximum Gasteiger partial charge on any atom is 0.417 e. The molecule has 3 aromatic carbocycles. The zero-order valence-corrected chi connectivity index (χ0v) is 20.5. The third-order valence-corrected chi connectivity index (χ3v) is 3.87. The molecule has 174 valence electrons. The molecule has 32 heavy (non-hydrogen) atoms. The molecule has 0 saturated heterocycles. The molecular weight excluding hydrogens is 402 g/mol. The third-order valence-electron chi connectivity index (χ3n) is 3.87. The Morgan fingerprint density at radius 2 is 1.22 bits per heavy atom. The van der Waals surface area contributed by atoms with Gasteiger partial charge in [0.15, 0.2) is 5.58 Å². The average Bonchev–Trinajstić information content (AvgIpc) is 3.19. The molecule has 0 fully saturated rings. The van der Waals surface area contributed by atoms with Gasteiger partial charge in [0.2, 0.25) is 0 Å². The minimum absolute atomic E-state index is 0.329. The van der Waals surface area contributed by atoms with Crippen LogP contribution in [0.15, 0.2) is 75.9 Å². The fourth-order valence-electron chi connectivity index (χ4n) is 2.28. The van der Waals surface area contributed by atoms with Crippen molar-refractivity contribution in [3.8, 4) is 11.5 Å². The van der Waals surface area contributed by atoms with Crippen molar-refractivity contribution >= 4 is 11.1 Å². The van der Waals surface area contributed by atoms with Crippen LogP contribution in [-0.4, -0.2) is 17.2 Å². The Morgan fingerprint density at radius 1 is 0.750 bits per heavy atom. The van der Waals surface area contributed by atoms with Gasteiger partial charge in [0, 0.05) is 0 Å². The summed E-state index contributed by atoms with van der Waals surface area (Å²) in [6.07, 6.45) is 0. The maximum atomic E-state index is 10.7. The summed E-state index contributed by atoms with van der Waals surface area (Å²) in [7, 11) is 1.67. The van der Waals surface area contributed by atoms with Crippen LogP contribution >= 0.6 is 0 Å². The number of aromatic amines is 1. The first-order valence-corrected chi connectivity index (χ1v) is 10.8. The lowest BCUT2D eigenvalue weighted by Crippen LogP contribution is -1.92. The highest BCUT2D eigenvalue weighted by molar-refractivity contribution is 5.72. The molecule has 0 amide bonds. The molecule has 4 rings (SSSR count). The fraction of sp³-hybridized carbons (Fsp3) is 0.296. The highest BCUT2D eigenvalue weighted by atomic mass is 16.5. The SMILES string of the molecule is CC.CC.COc1ccc(C)cc1.Cc1ccc(O)cc1.Cc1ccc2oc(=O)[nH]c2c1. The summed E-state index contributed by atoms with van der Waals surface area (Å²) in [5.41, 5.74) is 4.91. The van der Waals surface area contributed by atoms with Gasteiger partial charge in [-0.25, -0.2) is 4.79 Å². The highest BCUT2D eigenvalue weighted by Crippen LogP contribution is 2.11. The average molecular weight is 440 g/mol. The predicted molar refractivity (Wildman–Crippen MR) is 135 cm³/mol. The number of phenols is 1. The van der Waals surface area contributed by atoms with Crippen molar-refractivity contribution in [1.82, 2.24) is 4.98 Å². The number of hydrogen-bond acceptors (Lipinski definition) is 4. The summed E-state index contributed by atoms with van der Waals surface area (Å²) in [6.45, 7) is 14.0. The summed E-state index contributed by atoms with van der Waals surface area (Å²) in [6, 6.07) is 20.6. The van der Waals surface area contributed by atoms with Gasteiger partial charge in [-0.3, -0.25) is 4.98 Å². The van der Waals surface area contributed by atoms with Gasteiger partial charge in [0.25, 0.3) is 0 Å². The maximum absolute atomic E-state index is 10.7. The van der Waals surface area contributed by atoms with E-state index in [-0.39, 0.29) is 0 Å². The van der Waals surface area contributed by atoms with Gasteiger partial charge in [0.05, 0.1) is 12.6 Å². The van der Waals surface area contributed by atoms with Crippen LogP contribution in [0.5, 0.6) is 11.5 Å². The van der Waals surface area contributed by atoms with Gasteiger partial charge in [-0.15, -0.1) is 0 Å². The Bertz CT molecular complexity index is 1020. The van der Waals surface area contributed by atoms with E-state index >= 15 is 0 Å².